The minimum atomic E-state index is -2.79. The molecule has 1 aliphatic carbocycles. The van der Waals surface area contributed by atoms with Crippen LogP contribution in [-0.4, -0.2) is 36.1 Å². The summed E-state index contributed by atoms with van der Waals surface area (Å²) in [5, 5.41) is 21.5. The van der Waals surface area contributed by atoms with E-state index >= 15 is 0 Å². The fourth-order valence-corrected chi connectivity index (χ4v) is 4.79. The average Bonchev–Trinajstić information content (AvgIpc) is 3.68. The van der Waals surface area contributed by atoms with E-state index in [9.17, 15) is 23.6 Å². The number of hydrogen-bond acceptors (Lipinski definition) is 6. The number of aryl methyl sites for hydroxylation is 1. The number of nitrogens with zero attached hydrogens (tertiary/aromatic N) is 3. The van der Waals surface area contributed by atoms with Gasteiger partial charge in [0.2, 0.25) is 5.91 Å². The van der Waals surface area contributed by atoms with Crippen LogP contribution in [0.25, 0.3) is 5.57 Å². The molecule has 192 valence electrons. The Balaban J connectivity index is 1.51. The minimum Gasteiger partial charge on any atom is -0.347 e. The quantitative estimate of drug-likeness (QED) is 0.348. The first kappa shape index (κ1) is 25.9. The topological polar surface area (TPSA) is 122 Å². The average molecular weight is 507 g/mol. The summed E-state index contributed by atoms with van der Waals surface area (Å²) in [7, 11) is 0. The maximum absolute atomic E-state index is 13.2. The summed E-state index contributed by atoms with van der Waals surface area (Å²) in [5.74, 6) is 0.0655. The summed E-state index contributed by atoms with van der Waals surface area (Å²) >= 11 is 0. The van der Waals surface area contributed by atoms with Crippen LogP contribution in [0, 0.1) is 35.0 Å². The lowest BCUT2D eigenvalue weighted by Crippen LogP contribution is -2.34. The first-order chi connectivity index (χ1) is 17.6. The zero-order valence-electron chi connectivity index (χ0n) is 20.6. The number of nitrogens with one attached hydrogen (secondary N) is 3. The van der Waals surface area contributed by atoms with E-state index in [0.717, 1.165) is 31.7 Å². The van der Waals surface area contributed by atoms with Crippen LogP contribution < -0.4 is 15.5 Å². The van der Waals surface area contributed by atoms with Gasteiger partial charge in [0.25, 0.3) is 5.91 Å². The maximum atomic E-state index is 13.2. The molecule has 2 heterocycles. The summed E-state index contributed by atoms with van der Waals surface area (Å²) in [6.45, 7) is 1.65. The molecule has 0 bridgehead atoms. The number of anilines is 1. The van der Waals surface area contributed by atoms with Gasteiger partial charge in [-0.2, -0.15) is 14.0 Å². The van der Waals surface area contributed by atoms with Crippen LogP contribution in [0.5, 0.6) is 0 Å². The SMILES string of the molecule is Cc1cc(N2CC[C@@](C)(C3CC3)C2=O)cc(C(=O)NCc2cc(C#N)cc(/C(C=N)=C/NC(F)F)c2)n1. The molecule has 3 N–H and O–H groups in total. The first-order valence-corrected chi connectivity index (χ1v) is 12.0. The molecule has 2 aromatic rings. The molecule has 4 rings (SSSR count). The molecule has 37 heavy (non-hydrogen) atoms. The summed E-state index contributed by atoms with van der Waals surface area (Å²) < 4.78 is 25.1. The van der Waals surface area contributed by atoms with Crippen molar-refractivity contribution >= 4 is 29.3 Å². The molecule has 8 nitrogen and oxygen atoms in total. The second-order valence-corrected chi connectivity index (χ2v) is 9.67. The Kier molecular flexibility index (Phi) is 7.34. The number of alkyl halides is 2. The minimum absolute atomic E-state index is 0.0439. The predicted molar refractivity (Wildman–Crippen MR) is 135 cm³/mol. The van der Waals surface area contributed by atoms with E-state index in [4.69, 9.17) is 5.41 Å². The van der Waals surface area contributed by atoms with Gasteiger partial charge in [-0.15, -0.1) is 0 Å². The zero-order chi connectivity index (χ0) is 26.7. The lowest BCUT2D eigenvalue weighted by molar-refractivity contribution is -0.125. The van der Waals surface area contributed by atoms with Crippen LogP contribution in [-0.2, 0) is 11.3 Å². The number of rotatable bonds is 9. The molecule has 1 atom stereocenters. The third-order valence-corrected chi connectivity index (χ3v) is 6.98. The third kappa shape index (κ3) is 5.66. The van der Waals surface area contributed by atoms with E-state index in [-0.39, 0.29) is 34.7 Å². The fraction of sp³-hybridized carbons (Fsp3) is 0.370. The van der Waals surface area contributed by atoms with Crippen molar-refractivity contribution in [3.63, 3.8) is 0 Å². The van der Waals surface area contributed by atoms with Crippen molar-refractivity contribution in [2.45, 2.75) is 46.2 Å². The number of nitriles is 1. The number of hydrogen-bond donors (Lipinski definition) is 3. The molecule has 10 heteroatoms. The third-order valence-electron chi connectivity index (χ3n) is 6.98. The highest BCUT2D eigenvalue weighted by atomic mass is 19.3. The second kappa shape index (κ2) is 10.5. The van der Waals surface area contributed by atoms with Crippen molar-refractivity contribution in [1.82, 2.24) is 15.6 Å². The van der Waals surface area contributed by atoms with Gasteiger partial charge in [0.05, 0.1) is 17.0 Å². The molecule has 2 aliphatic rings. The normalized spacial score (nSPS) is 19.6. The van der Waals surface area contributed by atoms with Crippen LogP contribution in [0.3, 0.4) is 0 Å². The molecular weight excluding hydrogens is 478 g/mol. The number of aromatic nitrogens is 1. The molecule has 0 spiro atoms. The summed E-state index contributed by atoms with van der Waals surface area (Å²) in [6, 6.07) is 10.1. The number of allylic oxidation sites excluding steroid dienone is 1. The number of benzene rings is 1. The van der Waals surface area contributed by atoms with Crippen molar-refractivity contribution in [2.75, 3.05) is 11.4 Å². The molecular formula is C27H28F2N6O2. The Morgan fingerprint density at radius 1 is 1.32 bits per heavy atom. The van der Waals surface area contributed by atoms with E-state index in [2.05, 4.69) is 10.3 Å². The molecule has 1 saturated heterocycles. The van der Waals surface area contributed by atoms with E-state index in [1.54, 1.807) is 36.1 Å². The van der Waals surface area contributed by atoms with Gasteiger partial charge in [-0.25, -0.2) is 4.98 Å². The second-order valence-electron chi connectivity index (χ2n) is 9.67. The zero-order valence-corrected chi connectivity index (χ0v) is 20.6. The van der Waals surface area contributed by atoms with E-state index in [1.165, 1.54) is 6.07 Å². The van der Waals surface area contributed by atoms with Gasteiger partial charge in [0.1, 0.15) is 5.69 Å². The number of pyridine rings is 1. The highest BCUT2D eigenvalue weighted by Crippen LogP contribution is 2.51. The molecule has 0 unspecified atom stereocenters. The number of carbonyl (C=O) groups is 2. The standard InChI is InChI=1S/C27H28F2N6O2/c1-16-7-22(35-6-5-27(2,25(35)37)21-3-4-21)11-23(34-16)24(36)32-14-18-8-17(12-30)9-19(10-18)20(13-31)15-33-26(28)29/h7-11,13,15,21,26,31,33H,3-6,14H2,1-2H3,(H,32,36)/b20-15+,31-13?/t27-/m0/s1. The summed E-state index contributed by atoms with van der Waals surface area (Å²) in [6.07, 6.45) is 4.85. The highest BCUT2D eigenvalue weighted by molar-refractivity contribution is 6.08. The smallest absolute Gasteiger partial charge is 0.312 e. The molecule has 0 radical (unpaired) electrons. The summed E-state index contributed by atoms with van der Waals surface area (Å²) in [4.78, 5) is 32.2. The summed E-state index contributed by atoms with van der Waals surface area (Å²) in [5.41, 5.74) is 2.42. The Morgan fingerprint density at radius 3 is 2.73 bits per heavy atom. The van der Waals surface area contributed by atoms with E-state index in [0.29, 0.717) is 35.0 Å². The van der Waals surface area contributed by atoms with Crippen molar-refractivity contribution in [3.8, 4) is 6.07 Å². The molecule has 1 aromatic heterocycles. The van der Waals surface area contributed by atoms with Crippen LogP contribution in [0.1, 0.15) is 59.1 Å². The van der Waals surface area contributed by atoms with Crippen LogP contribution in [0.15, 0.2) is 36.5 Å². The van der Waals surface area contributed by atoms with Gasteiger partial charge in [-0.3, -0.25) is 9.59 Å². The lowest BCUT2D eigenvalue weighted by atomic mass is 9.83. The lowest BCUT2D eigenvalue weighted by Gasteiger charge is -2.23. The Labute approximate surface area is 213 Å². The highest BCUT2D eigenvalue weighted by Gasteiger charge is 2.52. The van der Waals surface area contributed by atoms with Crippen LogP contribution in [0.2, 0.25) is 0 Å². The Bertz CT molecular complexity index is 1310. The van der Waals surface area contributed by atoms with Gasteiger partial charge in [-0.1, -0.05) is 6.92 Å². The van der Waals surface area contributed by atoms with Crippen LogP contribution >= 0.6 is 0 Å². The van der Waals surface area contributed by atoms with Crippen LogP contribution in [0.4, 0.5) is 14.5 Å². The van der Waals surface area contributed by atoms with Crippen molar-refractivity contribution in [1.29, 1.82) is 10.7 Å². The van der Waals surface area contributed by atoms with E-state index < -0.39 is 12.5 Å². The fourth-order valence-electron chi connectivity index (χ4n) is 4.79. The van der Waals surface area contributed by atoms with E-state index in [1.807, 2.05) is 18.3 Å². The van der Waals surface area contributed by atoms with Gasteiger partial charge in [-0.05, 0) is 73.6 Å². The van der Waals surface area contributed by atoms with Crippen molar-refractivity contribution in [2.24, 2.45) is 11.3 Å². The first-order valence-electron chi connectivity index (χ1n) is 12.0. The number of amides is 2. The molecule has 2 fully saturated rings. The number of carbonyl (C=O) groups excluding carboxylic acids is 2. The van der Waals surface area contributed by atoms with Gasteiger partial charge < -0.3 is 20.9 Å². The van der Waals surface area contributed by atoms with Crippen molar-refractivity contribution in [3.05, 3.63) is 64.6 Å². The maximum Gasteiger partial charge on any atom is 0.312 e. The number of halogens is 2. The molecule has 1 aromatic carbocycles. The molecule has 1 saturated carbocycles. The molecule has 1 aliphatic heterocycles. The predicted octanol–water partition coefficient (Wildman–Crippen LogP) is 4.15. The van der Waals surface area contributed by atoms with Gasteiger partial charge >= 0.3 is 6.55 Å². The van der Waals surface area contributed by atoms with Gasteiger partial charge in [0, 0.05) is 42.5 Å². The van der Waals surface area contributed by atoms with Gasteiger partial charge in [0.15, 0.2) is 0 Å². The van der Waals surface area contributed by atoms with Crippen molar-refractivity contribution < 1.29 is 18.4 Å². The Hall–Kier alpha value is -4.13. The Morgan fingerprint density at radius 2 is 2.08 bits per heavy atom. The largest absolute Gasteiger partial charge is 0.347 e. The monoisotopic (exact) mass is 506 g/mol. The molecule has 2 amide bonds.